The molecule has 0 N–H and O–H groups in total. The van der Waals surface area contributed by atoms with Gasteiger partial charge in [0.05, 0.1) is 12.5 Å². The highest BCUT2D eigenvalue weighted by Crippen LogP contribution is 2.05. The summed E-state index contributed by atoms with van der Waals surface area (Å²) in [5.74, 6) is -1.53. The van der Waals surface area contributed by atoms with Gasteiger partial charge in [0.2, 0.25) is 0 Å². The monoisotopic (exact) mass is 243 g/mol. The Morgan fingerprint density at radius 2 is 1.22 bits per heavy atom. The van der Waals surface area contributed by atoms with Crippen LogP contribution in [0.5, 0.6) is 0 Å². The predicted molar refractivity (Wildman–Crippen MR) is 63.7 cm³/mol. The molecule has 0 aliphatic rings. The van der Waals surface area contributed by atoms with E-state index in [4.69, 9.17) is 1.37 Å². The fourth-order valence-electron chi connectivity index (χ4n) is 1.27. The molecule has 0 fully saturated rings. The molecule has 18 heavy (non-hydrogen) atoms. The number of hydrogen-bond acceptors (Lipinski definition) is 4. The molecule has 4 nitrogen and oxygen atoms in total. The van der Waals surface area contributed by atoms with E-state index in [1.807, 2.05) is 0 Å². The second kappa shape index (κ2) is 5.63. The van der Waals surface area contributed by atoms with E-state index in [-0.39, 0.29) is 17.2 Å². The van der Waals surface area contributed by atoms with E-state index in [9.17, 15) is 9.59 Å². The molecule has 2 aromatic carbocycles. The Balaban J connectivity index is 1.94. The minimum absolute atomic E-state index is 0.205. The van der Waals surface area contributed by atoms with E-state index in [0.717, 1.165) is 0 Å². The lowest BCUT2D eigenvalue weighted by Crippen LogP contribution is -2.11. The van der Waals surface area contributed by atoms with E-state index in [0.29, 0.717) is 0 Å². The van der Waals surface area contributed by atoms with Crippen molar-refractivity contribution in [3.05, 3.63) is 71.8 Å². The highest BCUT2D eigenvalue weighted by Gasteiger charge is 2.12. The summed E-state index contributed by atoms with van der Waals surface area (Å²) in [6.45, 7) is 0. The molecular formula is C14H10O4. The van der Waals surface area contributed by atoms with Gasteiger partial charge in [-0.25, -0.2) is 19.4 Å². The maximum atomic E-state index is 11.5. The fourth-order valence-corrected chi connectivity index (χ4v) is 1.27. The van der Waals surface area contributed by atoms with Gasteiger partial charge in [-0.05, 0) is 24.3 Å². The van der Waals surface area contributed by atoms with Crippen molar-refractivity contribution >= 4 is 11.9 Å². The first-order chi connectivity index (χ1) is 9.16. The second-order valence-corrected chi connectivity index (χ2v) is 3.40. The van der Waals surface area contributed by atoms with Gasteiger partial charge in [-0.1, -0.05) is 36.4 Å². The van der Waals surface area contributed by atoms with E-state index in [1.54, 1.807) is 30.3 Å². The van der Waals surface area contributed by atoms with Crippen LogP contribution in [0.3, 0.4) is 0 Å². The zero-order valence-corrected chi connectivity index (χ0v) is 9.33. The highest BCUT2D eigenvalue weighted by atomic mass is 17.2. The van der Waals surface area contributed by atoms with Gasteiger partial charge in [0.25, 0.3) is 0 Å². The van der Waals surface area contributed by atoms with Crippen LogP contribution in [-0.2, 0) is 9.78 Å². The van der Waals surface area contributed by atoms with Gasteiger partial charge < -0.3 is 0 Å². The minimum Gasteiger partial charge on any atom is -0.242 e. The zero-order chi connectivity index (χ0) is 13.7. The summed E-state index contributed by atoms with van der Waals surface area (Å²) in [5.41, 5.74) is 0.494. The first-order valence-corrected chi connectivity index (χ1v) is 5.22. The van der Waals surface area contributed by atoms with Crippen LogP contribution in [0.15, 0.2) is 60.6 Å². The maximum Gasteiger partial charge on any atom is 0.386 e. The predicted octanol–water partition coefficient (Wildman–Crippen LogP) is 2.62. The summed E-state index contributed by atoms with van der Waals surface area (Å²) in [7, 11) is 0. The van der Waals surface area contributed by atoms with Crippen LogP contribution in [-0.4, -0.2) is 11.9 Å². The fraction of sp³-hybridized carbons (Fsp3) is 0. The van der Waals surface area contributed by atoms with Crippen molar-refractivity contribution in [1.29, 1.82) is 0 Å². The highest BCUT2D eigenvalue weighted by molar-refractivity contribution is 5.92. The van der Waals surface area contributed by atoms with Gasteiger partial charge in [-0.2, -0.15) is 0 Å². The van der Waals surface area contributed by atoms with Gasteiger partial charge in [0, 0.05) is 0 Å². The number of carbonyl (C=O) groups excluding carboxylic acids is 2. The molecule has 0 aliphatic heterocycles. The maximum absolute atomic E-state index is 11.5. The van der Waals surface area contributed by atoms with Gasteiger partial charge in [0.15, 0.2) is 0 Å². The number of hydrogen-bond donors (Lipinski definition) is 0. The Labute approximate surface area is 105 Å². The first-order valence-electron chi connectivity index (χ1n) is 5.72. The van der Waals surface area contributed by atoms with Gasteiger partial charge in [-0.15, -0.1) is 0 Å². The number of rotatable bonds is 2. The molecule has 0 aromatic heterocycles. The van der Waals surface area contributed by atoms with Gasteiger partial charge in [0.1, 0.15) is 0 Å². The molecule has 0 saturated heterocycles. The molecule has 0 bridgehead atoms. The number of carbonyl (C=O) groups is 2. The molecule has 0 amide bonds. The average Bonchev–Trinajstić information content (AvgIpc) is 2.46. The van der Waals surface area contributed by atoms with Crippen LogP contribution in [0.4, 0.5) is 0 Å². The lowest BCUT2D eigenvalue weighted by atomic mass is 10.2. The standard InChI is InChI=1S/C14H10O4/c15-13(11-7-3-1-4-8-11)17-18-14(16)12-9-5-2-6-10-12/h1-10H/i1D. The third-order valence-electron chi connectivity index (χ3n) is 2.16. The van der Waals surface area contributed by atoms with Crippen LogP contribution >= 0.6 is 0 Å². The third kappa shape index (κ3) is 2.95. The first kappa shape index (κ1) is 10.5. The van der Waals surface area contributed by atoms with E-state index in [1.165, 1.54) is 24.3 Å². The molecule has 0 radical (unpaired) electrons. The normalized spacial score (nSPS) is 10.3. The van der Waals surface area contributed by atoms with Crippen LogP contribution in [0.25, 0.3) is 0 Å². The van der Waals surface area contributed by atoms with Crippen LogP contribution in [0.2, 0.25) is 0 Å². The molecule has 4 heteroatoms. The summed E-state index contributed by atoms with van der Waals surface area (Å²) in [6.07, 6.45) is 0. The third-order valence-corrected chi connectivity index (χ3v) is 2.16. The largest absolute Gasteiger partial charge is 0.386 e. The van der Waals surface area contributed by atoms with E-state index in [2.05, 4.69) is 9.78 Å². The molecule has 0 unspecified atom stereocenters. The van der Waals surface area contributed by atoms with E-state index < -0.39 is 11.9 Å². The molecule has 0 heterocycles. The molecule has 2 rings (SSSR count). The van der Waals surface area contributed by atoms with Crippen molar-refractivity contribution in [2.75, 3.05) is 0 Å². The van der Waals surface area contributed by atoms with Crippen molar-refractivity contribution in [2.24, 2.45) is 0 Å². The van der Waals surface area contributed by atoms with Crippen molar-refractivity contribution in [1.82, 2.24) is 0 Å². The van der Waals surface area contributed by atoms with Crippen LogP contribution < -0.4 is 0 Å². The van der Waals surface area contributed by atoms with Crippen molar-refractivity contribution < 1.29 is 20.7 Å². The lowest BCUT2D eigenvalue weighted by Gasteiger charge is -2.02. The lowest BCUT2D eigenvalue weighted by molar-refractivity contribution is -0.187. The van der Waals surface area contributed by atoms with Crippen molar-refractivity contribution in [3.8, 4) is 0 Å². The molecule has 90 valence electrons. The molecule has 0 saturated carbocycles. The van der Waals surface area contributed by atoms with Gasteiger partial charge >= 0.3 is 11.9 Å². The molecule has 0 spiro atoms. The molecular weight excluding hydrogens is 232 g/mol. The smallest absolute Gasteiger partial charge is 0.242 e. The summed E-state index contributed by atoms with van der Waals surface area (Å²) in [6, 6.07) is 14.2. The zero-order valence-electron chi connectivity index (χ0n) is 10.3. The molecule has 0 atom stereocenters. The van der Waals surface area contributed by atoms with Crippen molar-refractivity contribution in [2.45, 2.75) is 0 Å². The van der Waals surface area contributed by atoms with Crippen LogP contribution in [0, 0.1) is 0 Å². The Morgan fingerprint density at radius 3 is 1.72 bits per heavy atom. The quantitative estimate of drug-likeness (QED) is 0.601. The summed E-state index contributed by atoms with van der Waals surface area (Å²) >= 11 is 0. The average molecular weight is 243 g/mol. The topological polar surface area (TPSA) is 52.6 Å². The van der Waals surface area contributed by atoms with Crippen molar-refractivity contribution in [3.63, 3.8) is 0 Å². The minimum atomic E-state index is -0.788. The summed E-state index contributed by atoms with van der Waals surface area (Å²) in [5, 5.41) is 0. The molecule has 2 aromatic rings. The summed E-state index contributed by atoms with van der Waals surface area (Å²) in [4.78, 5) is 31.9. The Morgan fingerprint density at radius 1 is 0.778 bits per heavy atom. The Kier molecular flexibility index (Phi) is 3.29. The Bertz CT molecular complexity index is 578. The number of benzene rings is 2. The van der Waals surface area contributed by atoms with Gasteiger partial charge in [-0.3, -0.25) is 0 Å². The Hall–Kier alpha value is -2.62. The summed E-state index contributed by atoms with van der Waals surface area (Å²) < 4.78 is 7.28. The van der Waals surface area contributed by atoms with E-state index >= 15 is 0 Å². The second-order valence-electron chi connectivity index (χ2n) is 3.40. The molecule has 0 aliphatic carbocycles. The SMILES string of the molecule is [2H]c1ccc(C(=O)OOC(=O)c2ccccc2)cc1. The van der Waals surface area contributed by atoms with Crippen LogP contribution in [0.1, 0.15) is 22.1 Å².